The number of aliphatic hydroxyl groups excluding tert-OH is 1. The molecule has 1 N–H and O–H groups in total. The third-order valence-electron chi connectivity index (χ3n) is 3.61. The normalized spacial score (nSPS) is 25.8. The zero-order valence-corrected chi connectivity index (χ0v) is 11.0. The van der Waals surface area contributed by atoms with Gasteiger partial charge in [-0.1, -0.05) is 13.3 Å². The molecule has 18 heavy (non-hydrogen) atoms. The van der Waals surface area contributed by atoms with Gasteiger partial charge in [-0.3, -0.25) is 0 Å². The fourth-order valence-corrected chi connectivity index (χ4v) is 2.62. The Hall–Kier alpha value is -1.09. The van der Waals surface area contributed by atoms with Crippen molar-refractivity contribution in [2.75, 3.05) is 0 Å². The van der Waals surface area contributed by atoms with Gasteiger partial charge in [-0.25, -0.2) is 4.39 Å². The average Bonchev–Trinajstić information content (AvgIpc) is 2.28. The minimum Gasteiger partial charge on any atom is -0.490 e. The maximum Gasteiger partial charge on any atom is 0.128 e. The summed E-state index contributed by atoms with van der Waals surface area (Å²) in [5.41, 5.74) is 0.662. The van der Waals surface area contributed by atoms with Gasteiger partial charge in [0.05, 0.1) is 12.2 Å². The lowest BCUT2D eigenvalue weighted by atomic mass is 9.88. The van der Waals surface area contributed by atoms with E-state index >= 15 is 0 Å². The van der Waals surface area contributed by atoms with Crippen LogP contribution in [0.15, 0.2) is 18.2 Å². The monoisotopic (exact) mass is 252 g/mol. The molecular weight excluding hydrogens is 231 g/mol. The highest BCUT2D eigenvalue weighted by Gasteiger charge is 2.22. The van der Waals surface area contributed by atoms with E-state index in [0.29, 0.717) is 17.2 Å². The number of hydrogen-bond acceptors (Lipinski definition) is 2. The lowest BCUT2D eigenvalue weighted by Crippen LogP contribution is -2.24. The summed E-state index contributed by atoms with van der Waals surface area (Å²) in [6.45, 7) is 3.89. The molecule has 0 saturated heterocycles. The Morgan fingerprint density at radius 2 is 2.17 bits per heavy atom. The third kappa shape index (κ3) is 3.22. The summed E-state index contributed by atoms with van der Waals surface area (Å²) >= 11 is 0. The van der Waals surface area contributed by atoms with Crippen LogP contribution in [0.1, 0.15) is 51.2 Å². The average molecular weight is 252 g/mol. The summed E-state index contributed by atoms with van der Waals surface area (Å²) in [6.07, 6.45) is 3.93. The van der Waals surface area contributed by atoms with Crippen LogP contribution in [-0.4, -0.2) is 11.2 Å². The van der Waals surface area contributed by atoms with E-state index in [-0.39, 0.29) is 11.9 Å². The van der Waals surface area contributed by atoms with E-state index in [9.17, 15) is 9.50 Å². The fraction of sp³-hybridized carbons (Fsp3) is 0.600. The van der Waals surface area contributed by atoms with Gasteiger partial charge in [-0.2, -0.15) is 0 Å². The lowest BCUT2D eigenvalue weighted by Gasteiger charge is -2.28. The second-order valence-corrected chi connectivity index (χ2v) is 5.37. The fourth-order valence-electron chi connectivity index (χ4n) is 2.62. The molecule has 0 aromatic heterocycles. The van der Waals surface area contributed by atoms with E-state index in [4.69, 9.17) is 4.74 Å². The summed E-state index contributed by atoms with van der Waals surface area (Å²) in [5.74, 6) is 0.828. The van der Waals surface area contributed by atoms with Crippen LogP contribution < -0.4 is 4.74 Å². The van der Waals surface area contributed by atoms with E-state index < -0.39 is 6.10 Å². The van der Waals surface area contributed by atoms with Crippen LogP contribution >= 0.6 is 0 Å². The Labute approximate surface area is 108 Å². The molecule has 0 heterocycles. The van der Waals surface area contributed by atoms with Gasteiger partial charge in [0.1, 0.15) is 11.6 Å². The van der Waals surface area contributed by atoms with E-state index in [1.54, 1.807) is 13.0 Å². The smallest absolute Gasteiger partial charge is 0.128 e. The molecule has 2 rings (SSSR count). The first kappa shape index (κ1) is 13.3. The predicted octanol–water partition coefficient (Wildman–Crippen LogP) is 3.84. The number of aliphatic hydroxyl groups is 1. The van der Waals surface area contributed by atoms with Crippen molar-refractivity contribution < 1.29 is 14.2 Å². The number of ether oxygens (including phenoxy) is 1. The molecule has 3 unspecified atom stereocenters. The Kier molecular flexibility index (Phi) is 4.23. The van der Waals surface area contributed by atoms with Crippen LogP contribution in [0.4, 0.5) is 4.39 Å². The molecule has 3 heteroatoms. The van der Waals surface area contributed by atoms with Crippen molar-refractivity contribution in [3.8, 4) is 5.75 Å². The molecule has 3 atom stereocenters. The maximum absolute atomic E-state index is 13.3. The number of hydrogen-bond donors (Lipinski definition) is 1. The molecule has 0 bridgehead atoms. The van der Waals surface area contributed by atoms with Crippen molar-refractivity contribution >= 4 is 0 Å². The lowest BCUT2D eigenvalue weighted by molar-refractivity contribution is 0.121. The van der Waals surface area contributed by atoms with Crippen molar-refractivity contribution in [3.05, 3.63) is 29.6 Å². The van der Waals surface area contributed by atoms with Crippen LogP contribution in [0.25, 0.3) is 0 Å². The van der Waals surface area contributed by atoms with Crippen LogP contribution in [0.5, 0.6) is 5.75 Å². The minimum atomic E-state index is -0.637. The summed E-state index contributed by atoms with van der Waals surface area (Å²) < 4.78 is 19.2. The van der Waals surface area contributed by atoms with E-state index in [1.807, 2.05) is 0 Å². The number of halogens is 1. The quantitative estimate of drug-likeness (QED) is 0.885. The first-order chi connectivity index (χ1) is 8.56. The molecule has 1 aliphatic rings. The summed E-state index contributed by atoms with van der Waals surface area (Å²) in [5, 5.41) is 9.67. The molecule has 0 amide bonds. The van der Waals surface area contributed by atoms with Crippen LogP contribution in [0, 0.1) is 11.7 Å². The second-order valence-electron chi connectivity index (χ2n) is 5.37. The SMILES string of the molecule is CC1CCCC(Oc2cc(F)ccc2C(C)O)C1. The van der Waals surface area contributed by atoms with E-state index in [2.05, 4.69) is 6.92 Å². The molecular formula is C15H21FO2. The van der Waals surface area contributed by atoms with Gasteiger partial charge in [0.25, 0.3) is 0 Å². The van der Waals surface area contributed by atoms with Crippen LogP contribution in [-0.2, 0) is 0 Å². The predicted molar refractivity (Wildman–Crippen MR) is 69.1 cm³/mol. The Balaban J connectivity index is 2.14. The summed E-state index contributed by atoms with van der Waals surface area (Å²) in [7, 11) is 0. The zero-order chi connectivity index (χ0) is 13.1. The minimum absolute atomic E-state index is 0.146. The molecule has 1 aliphatic carbocycles. The molecule has 1 fully saturated rings. The van der Waals surface area contributed by atoms with Crippen molar-refractivity contribution in [1.29, 1.82) is 0 Å². The zero-order valence-electron chi connectivity index (χ0n) is 11.0. The van der Waals surface area contributed by atoms with Gasteiger partial charge in [0.2, 0.25) is 0 Å². The van der Waals surface area contributed by atoms with Gasteiger partial charge in [0.15, 0.2) is 0 Å². The first-order valence-corrected chi connectivity index (χ1v) is 6.70. The molecule has 2 nitrogen and oxygen atoms in total. The Morgan fingerprint density at radius 1 is 1.39 bits per heavy atom. The summed E-state index contributed by atoms with van der Waals surface area (Å²) in [6, 6.07) is 4.33. The van der Waals surface area contributed by atoms with E-state index in [1.165, 1.54) is 18.6 Å². The Morgan fingerprint density at radius 3 is 2.83 bits per heavy atom. The largest absolute Gasteiger partial charge is 0.490 e. The van der Waals surface area contributed by atoms with E-state index in [0.717, 1.165) is 19.3 Å². The van der Waals surface area contributed by atoms with Crippen LogP contribution in [0.2, 0.25) is 0 Å². The molecule has 1 saturated carbocycles. The van der Waals surface area contributed by atoms with Gasteiger partial charge in [0, 0.05) is 11.6 Å². The van der Waals surface area contributed by atoms with Crippen LogP contribution in [0.3, 0.4) is 0 Å². The van der Waals surface area contributed by atoms with Gasteiger partial charge >= 0.3 is 0 Å². The maximum atomic E-state index is 13.3. The standard InChI is InChI=1S/C15H21FO2/c1-10-4-3-5-13(8-10)18-15-9-12(16)6-7-14(15)11(2)17/h6-7,9-11,13,17H,3-5,8H2,1-2H3. The van der Waals surface area contributed by atoms with Crippen molar-refractivity contribution in [3.63, 3.8) is 0 Å². The number of benzene rings is 1. The molecule has 0 radical (unpaired) electrons. The highest BCUT2D eigenvalue weighted by atomic mass is 19.1. The molecule has 1 aromatic rings. The molecule has 0 aliphatic heterocycles. The second kappa shape index (κ2) is 5.70. The van der Waals surface area contributed by atoms with Crippen molar-refractivity contribution in [2.24, 2.45) is 5.92 Å². The topological polar surface area (TPSA) is 29.5 Å². The van der Waals surface area contributed by atoms with Gasteiger partial charge in [-0.15, -0.1) is 0 Å². The van der Waals surface area contributed by atoms with Gasteiger partial charge in [-0.05, 0) is 44.2 Å². The molecule has 100 valence electrons. The van der Waals surface area contributed by atoms with Crippen molar-refractivity contribution in [2.45, 2.75) is 51.7 Å². The molecule has 1 aromatic carbocycles. The highest BCUT2D eigenvalue weighted by Crippen LogP contribution is 2.31. The van der Waals surface area contributed by atoms with Gasteiger partial charge < -0.3 is 9.84 Å². The molecule has 0 spiro atoms. The highest BCUT2D eigenvalue weighted by molar-refractivity contribution is 5.35. The van der Waals surface area contributed by atoms with Crippen molar-refractivity contribution in [1.82, 2.24) is 0 Å². The third-order valence-corrected chi connectivity index (χ3v) is 3.61. The first-order valence-electron chi connectivity index (χ1n) is 6.70. The summed E-state index contributed by atoms with van der Waals surface area (Å²) in [4.78, 5) is 0. The number of rotatable bonds is 3. The Bertz CT molecular complexity index is 403.